The molecular weight excluding hydrogens is 232 g/mol. The molecule has 0 saturated carbocycles. The van der Waals surface area contributed by atoms with Gasteiger partial charge in [0, 0.05) is 6.54 Å². The third-order valence-electron chi connectivity index (χ3n) is 3.25. The van der Waals surface area contributed by atoms with Crippen molar-refractivity contribution in [1.29, 1.82) is 0 Å². The first-order chi connectivity index (χ1) is 8.58. The summed E-state index contributed by atoms with van der Waals surface area (Å²) in [5, 5.41) is 8.92. The quantitative estimate of drug-likeness (QED) is 0.826. The number of rotatable bonds is 4. The summed E-state index contributed by atoms with van der Waals surface area (Å²) >= 11 is 0. The first kappa shape index (κ1) is 12.6. The zero-order valence-corrected chi connectivity index (χ0v) is 10.0. The summed E-state index contributed by atoms with van der Waals surface area (Å²) < 4.78 is 0. The van der Waals surface area contributed by atoms with Crippen LogP contribution in [0, 0.1) is 0 Å². The Morgan fingerprint density at radius 2 is 2.22 bits per heavy atom. The summed E-state index contributed by atoms with van der Waals surface area (Å²) in [5.74, 6) is -1.24. The van der Waals surface area contributed by atoms with E-state index in [9.17, 15) is 9.59 Å². The molecule has 1 heterocycles. The monoisotopic (exact) mass is 248 g/mol. The van der Waals surface area contributed by atoms with E-state index in [0.717, 1.165) is 24.9 Å². The molecule has 1 atom stereocenters. The molecule has 1 aliphatic heterocycles. The molecular formula is C13H16N2O3. The van der Waals surface area contributed by atoms with Crippen molar-refractivity contribution < 1.29 is 14.7 Å². The second kappa shape index (κ2) is 5.18. The van der Waals surface area contributed by atoms with E-state index in [2.05, 4.69) is 0 Å². The molecule has 1 saturated heterocycles. The molecule has 5 nitrogen and oxygen atoms in total. The highest BCUT2D eigenvalue weighted by molar-refractivity contribution is 5.87. The molecule has 18 heavy (non-hydrogen) atoms. The Bertz CT molecular complexity index is 473. The highest BCUT2D eigenvalue weighted by Crippen LogP contribution is 2.20. The van der Waals surface area contributed by atoms with Gasteiger partial charge in [0.1, 0.15) is 0 Å². The standard InChI is InChI=1S/C13H16N2O3/c14-12(16)11-5-2-6-15(11)8-9-3-1-4-10(7-9)13(17)18/h1,3-4,7,11H,2,5-6,8H2,(H2,14,16)(H,17,18)/t11-/m1/s1. The van der Waals surface area contributed by atoms with E-state index >= 15 is 0 Å². The van der Waals surface area contributed by atoms with Gasteiger partial charge in [0.15, 0.2) is 0 Å². The number of primary amides is 1. The summed E-state index contributed by atoms with van der Waals surface area (Å²) in [6, 6.07) is 6.55. The SMILES string of the molecule is NC(=O)[C@H]1CCCN1Cc1cccc(C(=O)O)c1. The van der Waals surface area contributed by atoms with Crippen molar-refractivity contribution in [3.8, 4) is 0 Å². The van der Waals surface area contributed by atoms with Crippen LogP contribution < -0.4 is 5.73 Å². The highest BCUT2D eigenvalue weighted by Gasteiger charge is 2.28. The van der Waals surface area contributed by atoms with Gasteiger partial charge in [0.05, 0.1) is 11.6 Å². The van der Waals surface area contributed by atoms with Gasteiger partial charge in [0.2, 0.25) is 5.91 Å². The molecule has 0 unspecified atom stereocenters. The van der Waals surface area contributed by atoms with Crippen LogP contribution in [-0.4, -0.2) is 34.5 Å². The number of carboxylic acid groups (broad SMARTS) is 1. The number of nitrogens with zero attached hydrogens (tertiary/aromatic N) is 1. The van der Waals surface area contributed by atoms with Crippen molar-refractivity contribution in [3.63, 3.8) is 0 Å². The van der Waals surface area contributed by atoms with Crippen molar-refractivity contribution in [3.05, 3.63) is 35.4 Å². The Morgan fingerprint density at radius 3 is 2.89 bits per heavy atom. The number of carboxylic acids is 1. The second-order valence-corrected chi connectivity index (χ2v) is 4.54. The lowest BCUT2D eigenvalue weighted by atomic mass is 10.1. The van der Waals surface area contributed by atoms with Crippen LogP contribution in [0.3, 0.4) is 0 Å². The van der Waals surface area contributed by atoms with Crippen LogP contribution in [0.2, 0.25) is 0 Å². The molecule has 1 aliphatic rings. The van der Waals surface area contributed by atoms with Gasteiger partial charge < -0.3 is 10.8 Å². The predicted octanol–water partition coefficient (Wildman–Crippen LogP) is 0.834. The molecule has 0 radical (unpaired) electrons. The molecule has 0 aromatic heterocycles. The van der Waals surface area contributed by atoms with Crippen LogP contribution >= 0.6 is 0 Å². The van der Waals surface area contributed by atoms with Crippen molar-refractivity contribution in [2.24, 2.45) is 5.73 Å². The minimum absolute atomic E-state index is 0.224. The van der Waals surface area contributed by atoms with Gasteiger partial charge in [-0.15, -0.1) is 0 Å². The third-order valence-corrected chi connectivity index (χ3v) is 3.25. The minimum Gasteiger partial charge on any atom is -0.478 e. The number of carbonyl (C=O) groups is 2. The lowest BCUT2D eigenvalue weighted by molar-refractivity contribution is -0.122. The maximum atomic E-state index is 11.3. The van der Waals surface area contributed by atoms with E-state index in [1.165, 1.54) is 0 Å². The van der Waals surface area contributed by atoms with Crippen molar-refractivity contribution in [2.75, 3.05) is 6.54 Å². The number of amides is 1. The Hall–Kier alpha value is -1.88. The van der Waals surface area contributed by atoms with Crippen LogP contribution in [0.5, 0.6) is 0 Å². The van der Waals surface area contributed by atoms with Gasteiger partial charge in [-0.3, -0.25) is 9.69 Å². The van der Waals surface area contributed by atoms with E-state index in [-0.39, 0.29) is 17.5 Å². The van der Waals surface area contributed by atoms with Crippen molar-refractivity contribution in [1.82, 2.24) is 4.90 Å². The highest BCUT2D eigenvalue weighted by atomic mass is 16.4. The fourth-order valence-corrected chi connectivity index (χ4v) is 2.37. The van der Waals surface area contributed by atoms with Crippen LogP contribution in [-0.2, 0) is 11.3 Å². The van der Waals surface area contributed by atoms with E-state index in [4.69, 9.17) is 10.8 Å². The zero-order chi connectivity index (χ0) is 13.1. The number of hydrogen-bond acceptors (Lipinski definition) is 3. The molecule has 0 aliphatic carbocycles. The van der Waals surface area contributed by atoms with E-state index in [1.54, 1.807) is 18.2 Å². The van der Waals surface area contributed by atoms with Gasteiger partial charge in [-0.25, -0.2) is 4.79 Å². The lowest BCUT2D eigenvalue weighted by Crippen LogP contribution is -2.39. The number of likely N-dealkylation sites (tertiary alicyclic amines) is 1. The molecule has 3 N–H and O–H groups in total. The van der Waals surface area contributed by atoms with E-state index in [1.807, 2.05) is 11.0 Å². The molecule has 1 fully saturated rings. The largest absolute Gasteiger partial charge is 0.478 e. The Balaban J connectivity index is 2.11. The fraction of sp³-hybridized carbons (Fsp3) is 0.385. The number of benzene rings is 1. The minimum atomic E-state index is -0.940. The van der Waals surface area contributed by atoms with Gasteiger partial charge in [0.25, 0.3) is 0 Å². The Kier molecular flexibility index (Phi) is 3.62. The smallest absolute Gasteiger partial charge is 0.335 e. The summed E-state index contributed by atoms with van der Waals surface area (Å²) in [6.45, 7) is 1.39. The average molecular weight is 248 g/mol. The molecule has 1 amide bonds. The van der Waals surface area contributed by atoms with Crippen LogP contribution in [0.25, 0.3) is 0 Å². The van der Waals surface area contributed by atoms with Crippen LogP contribution in [0.4, 0.5) is 0 Å². The predicted molar refractivity (Wildman–Crippen MR) is 66.0 cm³/mol. The molecule has 1 aromatic carbocycles. The maximum Gasteiger partial charge on any atom is 0.335 e. The van der Waals surface area contributed by atoms with E-state index in [0.29, 0.717) is 6.54 Å². The maximum absolute atomic E-state index is 11.3. The van der Waals surface area contributed by atoms with Crippen molar-refractivity contribution >= 4 is 11.9 Å². The molecule has 0 bridgehead atoms. The van der Waals surface area contributed by atoms with Crippen molar-refractivity contribution in [2.45, 2.75) is 25.4 Å². The Morgan fingerprint density at radius 1 is 1.44 bits per heavy atom. The average Bonchev–Trinajstić information content (AvgIpc) is 2.77. The first-order valence-electron chi connectivity index (χ1n) is 5.93. The number of hydrogen-bond donors (Lipinski definition) is 2. The van der Waals surface area contributed by atoms with Crippen LogP contribution in [0.1, 0.15) is 28.8 Å². The first-order valence-corrected chi connectivity index (χ1v) is 5.93. The third kappa shape index (κ3) is 2.68. The number of carbonyl (C=O) groups excluding carboxylic acids is 1. The Labute approximate surface area is 105 Å². The molecule has 0 spiro atoms. The van der Waals surface area contributed by atoms with Gasteiger partial charge in [-0.1, -0.05) is 12.1 Å². The number of nitrogens with two attached hydrogens (primary N) is 1. The zero-order valence-electron chi connectivity index (χ0n) is 10.0. The van der Waals surface area contributed by atoms with E-state index < -0.39 is 5.97 Å². The normalized spacial score (nSPS) is 19.9. The van der Waals surface area contributed by atoms with Gasteiger partial charge in [-0.2, -0.15) is 0 Å². The lowest BCUT2D eigenvalue weighted by Gasteiger charge is -2.21. The van der Waals surface area contributed by atoms with Gasteiger partial charge in [-0.05, 0) is 37.1 Å². The fourth-order valence-electron chi connectivity index (χ4n) is 2.37. The summed E-state index contributed by atoms with van der Waals surface area (Å²) in [5.41, 5.74) is 6.50. The molecule has 1 aromatic rings. The molecule has 2 rings (SSSR count). The summed E-state index contributed by atoms with van der Waals surface area (Å²) in [6.07, 6.45) is 1.74. The van der Waals surface area contributed by atoms with Gasteiger partial charge >= 0.3 is 5.97 Å². The summed E-state index contributed by atoms with van der Waals surface area (Å²) in [7, 11) is 0. The van der Waals surface area contributed by atoms with Crippen LogP contribution in [0.15, 0.2) is 24.3 Å². The topological polar surface area (TPSA) is 83.6 Å². The molecule has 5 heteroatoms. The summed E-state index contributed by atoms with van der Waals surface area (Å²) in [4.78, 5) is 24.1. The second-order valence-electron chi connectivity index (χ2n) is 4.54. The number of aromatic carboxylic acids is 1. The molecule has 96 valence electrons.